The van der Waals surface area contributed by atoms with Crippen molar-refractivity contribution in [3.05, 3.63) is 0 Å². The predicted octanol–water partition coefficient (Wildman–Crippen LogP) is 1.55. The van der Waals surface area contributed by atoms with E-state index in [1.165, 1.54) is 0 Å². The van der Waals surface area contributed by atoms with Crippen LogP contribution in [-0.4, -0.2) is 55.4 Å². The Morgan fingerprint density at radius 2 is 1.95 bits per heavy atom. The van der Waals surface area contributed by atoms with Gasteiger partial charge in [-0.25, -0.2) is 0 Å². The third kappa shape index (κ3) is 3.63. The second-order valence-corrected chi connectivity index (χ2v) is 7.10. The van der Waals surface area contributed by atoms with Gasteiger partial charge in [0.25, 0.3) is 0 Å². The van der Waals surface area contributed by atoms with Crippen molar-refractivity contribution in [2.75, 3.05) is 26.3 Å². The van der Waals surface area contributed by atoms with Crippen molar-refractivity contribution in [1.29, 1.82) is 0 Å². The minimum atomic E-state index is 0.201. The molecule has 0 aromatic carbocycles. The Hall–Kier alpha value is -0.650. The molecule has 2 heterocycles. The summed E-state index contributed by atoms with van der Waals surface area (Å²) in [5.74, 6) is 1.12. The average molecular weight is 310 g/mol. The molecule has 2 atom stereocenters. The summed E-state index contributed by atoms with van der Waals surface area (Å²) < 4.78 is 11.5. The summed E-state index contributed by atoms with van der Waals surface area (Å²) in [5.41, 5.74) is 6.05. The van der Waals surface area contributed by atoms with Crippen LogP contribution in [0.25, 0.3) is 0 Å². The minimum absolute atomic E-state index is 0.201. The van der Waals surface area contributed by atoms with Crippen molar-refractivity contribution >= 4 is 5.91 Å². The highest BCUT2D eigenvalue weighted by molar-refractivity contribution is 5.80. The predicted molar refractivity (Wildman–Crippen MR) is 84.4 cm³/mol. The van der Waals surface area contributed by atoms with Gasteiger partial charge in [-0.15, -0.1) is 0 Å². The summed E-state index contributed by atoms with van der Waals surface area (Å²) in [7, 11) is 0. The first kappa shape index (κ1) is 16.2. The SMILES string of the molecule is CCOC1CC(C(=O)N2CCC(C3CC(N)CCO3)CC2)C1. The fraction of sp³-hybridized carbons (Fsp3) is 0.941. The van der Waals surface area contributed by atoms with E-state index in [0.29, 0.717) is 30.1 Å². The summed E-state index contributed by atoms with van der Waals surface area (Å²) in [6.45, 7) is 5.33. The third-order valence-corrected chi connectivity index (χ3v) is 5.58. The summed E-state index contributed by atoms with van der Waals surface area (Å²) in [6, 6.07) is 0.295. The van der Waals surface area contributed by atoms with E-state index in [1.54, 1.807) is 0 Å². The fourth-order valence-corrected chi connectivity index (χ4v) is 4.07. The van der Waals surface area contributed by atoms with Crippen LogP contribution in [0.5, 0.6) is 0 Å². The Bertz CT molecular complexity index is 376. The van der Waals surface area contributed by atoms with Crippen LogP contribution in [0.2, 0.25) is 0 Å². The number of ether oxygens (including phenoxy) is 2. The van der Waals surface area contributed by atoms with E-state index in [2.05, 4.69) is 4.90 Å². The number of nitrogens with zero attached hydrogens (tertiary/aromatic N) is 1. The van der Waals surface area contributed by atoms with E-state index in [-0.39, 0.29) is 5.92 Å². The minimum Gasteiger partial charge on any atom is -0.378 e. The lowest BCUT2D eigenvalue weighted by molar-refractivity contribution is -0.147. The lowest BCUT2D eigenvalue weighted by Gasteiger charge is -2.42. The number of amides is 1. The largest absolute Gasteiger partial charge is 0.378 e. The zero-order valence-electron chi connectivity index (χ0n) is 13.7. The van der Waals surface area contributed by atoms with Gasteiger partial charge in [0, 0.05) is 38.3 Å². The smallest absolute Gasteiger partial charge is 0.225 e. The molecular formula is C17H30N2O3. The molecule has 0 radical (unpaired) electrons. The molecule has 22 heavy (non-hydrogen) atoms. The van der Waals surface area contributed by atoms with Gasteiger partial charge in [0.2, 0.25) is 5.91 Å². The maximum atomic E-state index is 12.5. The molecule has 1 saturated carbocycles. The first-order valence-electron chi connectivity index (χ1n) is 8.95. The maximum absolute atomic E-state index is 12.5. The Balaban J connectivity index is 1.41. The summed E-state index contributed by atoms with van der Waals surface area (Å²) in [5, 5.41) is 0. The zero-order valence-corrected chi connectivity index (χ0v) is 13.7. The molecule has 3 aliphatic rings. The number of carbonyl (C=O) groups is 1. The zero-order chi connectivity index (χ0) is 15.5. The molecule has 2 N–H and O–H groups in total. The van der Waals surface area contributed by atoms with Crippen LogP contribution in [0, 0.1) is 11.8 Å². The van der Waals surface area contributed by atoms with Crippen LogP contribution in [0.15, 0.2) is 0 Å². The molecule has 2 unspecified atom stereocenters. The average Bonchev–Trinajstić information content (AvgIpc) is 2.50. The van der Waals surface area contributed by atoms with Crippen molar-refractivity contribution < 1.29 is 14.3 Å². The molecule has 3 fully saturated rings. The molecule has 0 bridgehead atoms. The topological polar surface area (TPSA) is 64.8 Å². The monoisotopic (exact) mass is 310 g/mol. The molecular weight excluding hydrogens is 280 g/mol. The van der Waals surface area contributed by atoms with Crippen LogP contribution >= 0.6 is 0 Å². The van der Waals surface area contributed by atoms with Gasteiger partial charge in [0.05, 0.1) is 12.2 Å². The number of likely N-dealkylation sites (tertiary alicyclic amines) is 1. The molecule has 2 saturated heterocycles. The van der Waals surface area contributed by atoms with Crippen LogP contribution in [0.3, 0.4) is 0 Å². The second-order valence-electron chi connectivity index (χ2n) is 7.10. The van der Waals surface area contributed by atoms with Crippen molar-refractivity contribution in [2.24, 2.45) is 17.6 Å². The van der Waals surface area contributed by atoms with Gasteiger partial charge in [0.1, 0.15) is 0 Å². The van der Waals surface area contributed by atoms with Crippen LogP contribution in [0.1, 0.15) is 45.4 Å². The number of hydrogen-bond donors (Lipinski definition) is 1. The van der Waals surface area contributed by atoms with Gasteiger partial charge in [-0.2, -0.15) is 0 Å². The Morgan fingerprint density at radius 1 is 1.23 bits per heavy atom. The van der Waals surface area contributed by atoms with Gasteiger partial charge in [-0.3, -0.25) is 4.79 Å². The first-order valence-corrected chi connectivity index (χ1v) is 8.95. The molecule has 0 aromatic rings. The van der Waals surface area contributed by atoms with Crippen molar-refractivity contribution in [3.63, 3.8) is 0 Å². The Morgan fingerprint density at radius 3 is 2.59 bits per heavy atom. The van der Waals surface area contributed by atoms with Crippen LogP contribution in [0.4, 0.5) is 0 Å². The molecule has 3 rings (SSSR count). The van der Waals surface area contributed by atoms with Crippen LogP contribution in [-0.2, 0) is 14.3 Å². The van der Waals surface area contributed by atoms with Gasteiger partial charge < -0.3 is 20.1 Å². The molecule has 0 spiro atoms. The van der Waals surface area contributed by atoms with Crippen LogP contribution < -0.4 is 5.73 Å². The van der Waals surface area contributed by atoms with Crippen molar-refractivity contribution in [3.8, 4) is 0 Å². The fourth-order valence-electron chi connectivity index (χ4n) is 4.07. The number of carbonyl (C=O) groups excluding carboxylic acids is 1. The van der Waals surface area contributed by atoms with E-state index in [4.69, 9.17) is 15.2 Å². The molecule has 1 aliphatic carbocycles. The van der Waals surface area contributed by atoms with Gasteiger partial charge >= 0.3 is 0 Å². The van der Waals surface area contributed by atoms with Gasteiger partial charge in [-0.05, 0) is 51.4 Å². The summed E-state index contributed by atoms with van der Waals surface area (Å²) in [4.78, 5) is 14.5. The van der Waals surface area contributed by atoms with E-state index in [9.17, 15) is 4.79 Å². The number of nitrogens with two attached hydrogens (primary N) is 1. The van der Waals surface area contributed by atoms with E-state index >= 15 is 0 Å². The number of piperidine rings is 1. The van der Waals surface area contributed by atoms with Crippen molar-refractivity contribution in [2.45, 2.75) is 63.7 Å². The van der Waals surface area contributed by atoms with Gasteiger partial charge in [0.15, 0.2) is 0 Å². The van der Waals surface area contributed by atoms with Crippen molar-refractivity contribution in [1.82, 2.24) is 4.90 Å². The number of hydrogen-bond acceptors (Lipinski definition) is 4. The summed E-state index contributed by atoms with van der Waals surface area (Å²) >= 11 is 0. The third-order valence-electron chi connectivity index (χ3n) is 5.58. The number of rotatable bonds is 4. The molecule has 5 heteroatoms. The van der Waals surface area contributed by atoms with E-state index in [0.717, 1.165) is 64.8 Å². The Kier molecular flexibility index (Phi) is 5.37. The van der Waals surface area contributed by atoms with E-state index in [1.807, 2.05) is 6.92 Å². The molecule has 0 aromatic heterocycles. The highest BCUT2D eigenvalue weighted by atomic mass is 16.5. The van der Waals surface area contributed by atoms with Gasteiger partial charge in [-0.1, -0.05) is 0 Å². The normalized spacial score (nSPS) is 36.9. The highest BCUT2D eigenvalue weighted by Crippen LogP contribution is 2.34. The first-order chi connectivity index (χ1) is 10.7. The lowest BCUT2D eigenvalue weighted by Crippen LogP contribution is -2.49. The highest BCUT2D eigenvalue weighted by Gasteiger charge is 2.39. The van der Waals surface area contributed by atoms with E-state index < -0.39 is 0 Å². The molecule has 126 valence electrons. The quantitative estimate of drug-likeness (QED) is 0.855. The maximum Gasteiger partial charge on any atom is 0.225 e. The molecule has 1 amide bonds. The molecule has 5 nitrogen and oxygen atoms in total. The lowest BCUT2D eigenvalue weighted by atomic mass is 9.80. The molecule has 2 aliphatic heterocycles. The Labute approximate surface area is 133 Å². The summed E-state index contributed by atoms with van der Waals surface area (Å²) in [6.07, 6.45) is 6.53. The standard InChI is InChI=1S/C17H30N2O3/c1-2-21-15-9-13(10-15)17(20)19-6-3-12(4-7-19)16-11-14(18)5-8-22-16/h12-16H,2-11,18H2,1H3. The second kappa shape index (κ2) is 7.28.